The highest BCUT2D eigenvalue weighted by Gasteiger charge is 2.54. The standard InChI is InChI=1S/C23H20O6/c1-22(2)11-14-9-16-19(18(25)10-17(24)13-7-5-4-6-8-13)21(27)29-23(16,3)20(26)15(14)12-28-22/h4-10,12,24H,11H2,1-3H3/b17-10-/t23-/m0/s1. The normalized spacial score (nSPS) is 25.4. The Morgan fingerprint density at radius 3 is 2.52 bits per heavy atom. The minimum atomic E-state index is -1.58. The van der Waals surface area contributed by atoms with E-state index < -0.39 is 28.7 Å². The second kappa shape index (κ2) is 6.30. The van der Waals surface area contributed by atoms with Gasteiger partial charge in [0.25, 0.3) is 0 Å². The van der Waals surface area contributed by atoms with Gasteiger partial charge in [0.05, 0.1) is 11.8 Å². The molecule has 0 amide bonds. The van der Waals surface area contributed by atoms with Crippen LogP contribution in [0.25, 0.3) is 5.76 Å². The number of ether oxygens (including phenoxy) is 2. The van der Waals surface area contributed by atoms with Gasteiger partial charge in [-0.1, -0.05) is 30.3 Å². The number of carbonyl (C=O) groups is 3. The molecule has 29 heavy (non-hydrogen) atoms. The minimum Gasteiger partial charge on any atom is -0.507 e. The first-order valence-corrected chi connectivity index (χ1v) is 9.25. The van der Waals surface area contributed by atoms with Crippen LogP contribution in [0.1, 0.15) is 32.8 Å². The van der Waals surface area contributed by atoms with E-state index in [9.17, 15) is 19.5 Å². The molecule has 1 aromatic carbocycles. The third kappa shape index (κ3) is 3.01. The number of rotatable bonds is 3. The quantitative estimate of drug-likeness (QED) is 0.367. The highest BCUT2D eigenvalue weighted by molar-refractivity contribution is 6.28. The lowest BCUT2D eigenvalue weighted by atomic mass is 9.74. The lowest BCUT2D eigenvalue weighted by Crippen LogP contribution is -2.43. The second-order valence-electron chi connectivity index (χ2n) is 8.06. The molecule has 0 saturated carbocycles. The van der Waals surface area contributed by atoms with Gasteiger partial charge in [-0.2, -0.15) is 0 Å². The summed E-state index contributed by atoms with van der Waals surface area (Å²) < 4.78 is 11.0. The summed E-state index contributed by atoms with van der Waals surface area (Å²) in [6.07, 6.45) is 4.50. The molecule has 2 heterocycles. The van der Waals surface area contributed by atoms with E-state index in [2.05, 4.69) is 0 Å². The topological polar surface area (TPSA) is 89.9 Å². The molecule has 148 valence electrons. The average Bonchev–Trinajstić information content (AvgIpc) is 2.92. The predicted octanol–water partition coefficient (Wildman–Crippen LogP) is 3.36. The van der Waals surface area contributed by atoms with Crippen molar-refractivity contribution in [1.82, 2.24) is 0 Å². The first-order valence-electron chi connectivity index (χ1n) is 9.25. The number of aliphatic hydroxyl groups excluding tert-OH is 1. The van der Waals surface area contributed by atoms with Crippen molar-refractivity contribution >= 4 is 23.3 Å². The number of Topliss-reactive ketones (excluding diaryl/α,β-unsaturated/α-hetero) is 1. The number of fused-ring (bicyclic) bond motifs is 2. The van der Waals surface area contributed by atoms with Crippen LogP contribution in [-0.4, -0.2) is 33.8 Å². The van der Waals surface area contributed by atoms with Crippen molar-refractivity contribution in [2.75, 3.05) is 0 Å². The van der Waals surface area contributed by atoms with Gasteiger partial charge in [0.2, 0.25) is 5.78 Å². The van der Waals surface area contributed by atoms with Crippen LogP contribution in [0.2, 0.25) is 0 Å². The summed E-state index contributed by atoms with van der Waals surface area (Å²) in [6.45, 7) is 5.24. The van der Waals surface area contributed by atoms with Gasteiger partial charge in [-0.25, -0.2) is 4.79 Å². The van der Waals surface area contributed by atoms with Gasteiger partial charge >= 0.3 is 5.97 Å². The van der Waals surface area contributed by atoms with Crippen molar-refractivity contribution in [2.24, 2.45) is 0 Å². The molecule has 4 rings (SSSR count). The van der Waals surface area contributed by atoms with Crippen LogP contribution in [-0.2, 0) is 23.9 Å². The maximum absolute atomic E-state index is 13.1. The maximum atomic E-state index is 13.1. The third-order valence-corrected chi connectivity index (χ3v) is 5.32. The number of hydrogen-bond acceptors (Lipinski definition) is 6. The van der Waals surface area contributed by atoms with Crippen LogP contribution in [0.4, 0.5) is 0 Å². The predicted molar refractivity (Wildman–Crippen MR) is 105 cm³/mol. The Labute approximate surface area is 167 Å². The molecule has 0 bridgehead atoms. The SMILES string of the molecule is CC1(C)CC2=CC3=C(C(=O)/C=C(\O)c4ccccc4)C(=O)O[C@]3(C)C(=O)C2=CO1. The molecule has 1 atom stereocenters. The molecule has 1 N–H and O–H groups in total. The molecular weight excluding hydrogens is 372 g/mol. The van der Waals surface area contributed by atoms with Gasteiger partial charge in [0.1, 0.15) is 16.9 Å². The lowest BCUT2D eigenvalue weighted by Gasteiger charge is -2.37. The fourth-order valence-corrected chi connectivity index (χ4v) is 3.79. The van der Waals surface area contributed by atoms with Crippen molar-refractivity contribution in [3.63, 3.8) is 0 Å². The minimum absolute atomic E-state index is 0.222. The maximum Gasteiger partial charge on any atom is 0.343 e. The summed E-state index contributed by atoms with van der Waals surface area (Å²) >= 11 is 0. The number of esters is 1. The van der Waals surface area contributed by atoms with Gasteiger partial charge < -0.3 is 14.6 Å². The Bertz CT molecular complexity index is 1070. The van der Waals surface area contributed by atoms with E-state index in [1.165, 1.54) is 13.2 Å². The largest absolute Gasteiger partial charge is 0.507 e. The van der Waals surface area contributed by atoms with E-state index in [1.54, 1.807) is 36.4 Å². The number of hydrogen-bond donors (Lipinski definition) is 1. The number of benzene rings is 1. The van der Waals surface area contributed by atoms with E-state index >= 15 is 0 Å². The molecule has 0 radical (unpaired) electrons. The zero-order valence-corrected chi connectivity index (χ0v) is 16.3. The number of carbonyl (C=O) groups excluding carboxylic acids is 3. The van der Waals surface area contributed by atoms with E-state index in [1.807, 2.05) is 13.8 Å². The molecular formula is C23H20O6. The molecule has 1 aromatic rings. The second-order valence-corrected chi connectivity index (χ2v) is 8.06. The van der Waals surface area contributed by atoms with E-state index in [0.717, 1.165) is 6.08 Å². The Morgan fingerprint density at radius 1 is 1.14 bits per heavy atom. The van der Waals surface area contributed by atoms with Crippen LogP contribution >= 0.6 is 0 Å². The summed E-state index contributed by atoms with van der Waals surface area (Å²) in [5.74, 6) is -2.28. The lowest BCUT2D eigenvalue weighted by molar-refractivity contribution is -0.153. The van der Waals surface area contributed by atoms with Gasteiger partial charge in [-0.05, 0) is 32.4 Å². The smallest absolute Gasteiger partial charge is 0.343 e. The number of aliphatic hydroxyl groups is 1. The Hall–Kier alpha value is -3.41. The monoisotopic (exact) mass is 392 g/mol. The highest BCUT2D eigenvalue weighted by atomic mass is 16.6. The average molecular weight is 392 g/mol. The zero-order valence-electron chi connectivity index (χ0n) is 16.3. The molecule has 0 fully saturated rings. The van der Waals surface area contributed by atoms with Gasteiger partial charge in [0, 0.05) is 23.6 Å². The fourth-order valence-electron chi connectivity index (χ4n) is 3.79. The fraction of sp³-hybridized carbons (Fsp3) is 0.261. The van der Waals surface area contributed by atoms with Crippen LogP contribution in [0.3, 0.4) is 0 Å². The Morgan fingerprint density at radius 2 is 1.83 bits per heavy atom. The van der Waals surface area contributed by atoms with Crippen molar-refractivity contribution in [3.05, 3.63) is 76.6 Å². The van der Waals surface area contributed by atoms with Crippen LogP contribution in [0, 0.1) is 0 Å². The van der Waals surface area contributed by atoms with E-state index in [-0.39, 0.29) is 16.9 Å². The summed E-state index contributed by atoms with van der Waals surface area (Å²) in [6, 6.07) is 8.50. The van der Waals surface area contributed by atoms with Crippen molar-refractivity contribution in [1.29, 1.82) is 0 Å². The number of ketones is 2. The first kappa shape index (κ1) is 18.9. The molecule has 0 spiro atoms. The molecule has 3 aliphatic rings. The van der Waals surface area contributed by atoms with Crippen molar-refractivity contribution < 1.29 is 29.0 Å². The summed E-state index contributed by atoms with van der Waals surface area (Å²) in [7, 11) is 0. The Balaban J connectivity index is 1.82. The molecule has 2 aliphatic heterocycles. The van der Waals surface area contributed by atoms with Gasteiger partial charge in [-0.3, -0.25) is 9.59 Å². The summed E-state index contributed by atoms with van der Waals surface area (Å²) in [5.41, 5.74) is -0.631. The van der Waals surface area contributed by atoms with E-state index in [4.69, 9.17) is 9.47 Å². The van der Waals surface area contributed by atoms with E-state index in [0.29, 0.717) is 23.1 Å². The number of allylic oxidation sites excluding steroid dienone is 1. The van der Waals surface area contributed by atoms with Crippen molar-refractivity contribution in [3.8, 4) is 0 Å². The molecule has 0 unspecified atom stereocenters. The van der Waals surface area contributed by atoms with Gasteiger partial charge in [-0.15, -0.1) is 0 Å². The van der Waals surface area contributed by atoms with Crippen LogP contribution in [0.15, 0.2) is 71.0 Å². The third-order valence-electron chi connectivity index (χ3n) is 5.32. The van der Waals surface area contributed by atoms with Crippen molar-refractivity contribution in [2.45, 2.75) is 38.4 Å². The van der Waals surface area contributed by atoms with Crippen LogP contribution in [0.5, 0.6) is 0 Å². The summed E-state index contributed by atoms with van der Waals surface area (Å²) in [5, 5.41) is 10.3. The molecule has 1 aliphatic carbocycles. The molecule has 0 aromatic heterocycles. The zero-order chi connectivity index (χ0) is 21.0. The first-order chi connectivity index (χ1) is 13.6. The van der Waals surface area contributed by atoms with Crippen LogP contribution < -0.4 is 0 Å². The molecule has 6 heteroatoms. The highest BCUT2D eigenvalue weighted by Crippen LogP contribution is 2.46. The van der Waals surface area contributed by atoms with Gasteiger partial charge in [0.15, 0.2) is 11.4 Å². The molecule has 6 nitrogen and oxygen atoms in total. The summed E-state index contributed by atoms with van der Waals surface area (Å²) in [4.78, 5) is 38.5. The molecule has 0 saturated heterocycles. The Kier molecular flexibility index (Phi) is 4.12.